The molecule has 0 saturated heterocycles. The molecule has 5 N–H and O–H groups in total. The van der Waals surface area contributed by atoms with Crippen molar-refractivity contribution < 1.29 is 19.5 Å². The molecule has 0 heterocycles. The lowest BCUT2D eigenvalue weighted by molar-refractivity contribution is -0.134. The van der Waals surface area contributed by atoms with Gasteiger partial charge in [-0.15, -0.1) is 0 Å². The maximum atomic E-state index is 12.9. The first-order valence-electron chi connectivity index (χ1n) is 10.6. The van der Waals surface area contributed by atoms with Gasteiger partial charge in [-0.25, -0.2) is 0 Å². The van der Waals surface area contributed by atoms with Crippen molar-refractivity contribution in [2.45, 2.75) is 31.5 Å². The lowest BCUT2D eigenvalue weighted by atomic mass is 9.98. The number of aliphatic hydroxyl groups is 1. The lowest BCUT2D eigenvalue weighted by Gasteiger charge is -2.26. The van der Waals surface area contributed by atoms with Gasteiger partial charge in [0.2, 0.25) is 5.91 Å². The van der Waals surface area contributed by atoms with Crippen LogP contribution in [0.4, 0.5) is 0 Å². The molecule has 0 unspecified atom stereocenters. The topological polar surface area (TPSA) is 122 Å². The van der Waals surface area contributed by atoms with E-state index in [0.29, 0.717) is 11.1 Å². The molecular weight excluding hydrogens is 418 g/mol. The number of primary amides is 1. The Hall–Kier alpha value is -3.97. The number of nitrogens with two attached hydrogens (primary N) is 1. The molecule has 170 valence electrons. The zero-order chi connectivity index (χ0) is 23.8. The summed E-state index contributed by atoms with van der Waals surface area (Å²) in [5, 5.41) is 16.2. The largest absolute Gasteiger partial charge is 0.381 e. The molecule has 3 amide bonds. The number of carbonyl (C=O) groups excluding carboxylic acids is 3. The Kier molecular flexibility index (Phi) is 7.94. The Morgan fingerprint density at radius 1 is 0.848 bits per heavy atom. The number of benzene rings is 3. The summed E-state index contributed by atoms with van der Waals surface area (Å²) in [7, 11) is 0. The molecule has 3 atom stereocenters. The van der Waals surface area contributed by atoms with E-state index in [1.165, 1.54) is 0 Å². The molecule has 3 aromatic carbocycles. The molecular formula is C26H27N3O4. The molecule has 0 saturated carbocycles. The zero-order valence-corrected chi connectivity index (χ0v) is 18.3. The van der Waals surface area contributed by atoms with Gasteiger partial charge in [0.1, 0.15) is 6.04 Å². The van der Waals surface area contributed by atoms with Gasteiger partial charge in [0, 0.05) is 12.0 Å². The van der Waals surface area contributed by atoms with Crippen LogP contribution in [-0.2, 0) is 16.0 Å². The second-order valence-corrected chi connectivity index (χ2v) is 7.77. The highest BCUT2D eigenvalue weighted by molar-refractivity contribution is 5.95. The van der Waals surface area contributed by atoms with Crippen LogP contribution >= 0.6 is 0 Å². The maximum absolute atomic E-state index is 12.9. The number of aliphatic hydroxyl groups excluding tert-OH is 1. The number of hydrogen-bond acceptors (Lipinski definition) is 4. The molecule has 0 spiro atoms. The van der Waals surface area contributed by atoms with E-state index in [9.17, 15) is 19.5 Å². The molecule has 7 heteroatoms. The van der Waals surface area contributed by atoms with Crippen LogP contribution in [0.1, 0.15) is 33.1 Å². The van der Waals surface area contributed by atoms with Crippen molar-refractivity contribution >= 4 is 17.7 Å². The van der Waals surface area contributed by atoms with Crippen molar-refractivity contribution in [3.05, 3.63) is 107 Å². The predicted octanol–water partition coefficient (Wildman–Crippen LogP) is 2.04. The Bertz CT molecular complexity index is 1100. The van der Waals surface area contributed by atoms with E-state index in [4.69, 9.17) is 5.73 Å². The minimum atomic E-state index is -1.65. The molecule has 0 radical (unpaired) electrons. The molecule has 0 aromatic heterocycles. The van der Waals surface area contributed by atoms with Gasteiger partial charge in [-0.3, -0.25) is 14.4 Å². The number of rotatable bonds is 9. The number of amides is 3. The molecule has 0 aliphatic carbocycles. The highest BCUT2D eigenvalue weighted by atomic mass is 16.3. The number of hydrogen-bond donors (Lipinski definition) is 4. The van der Waals surface area contributed by atoms with E-state index >= 15 is 0 Å². The summed E-state index contributed by atoms with van der Waals surface area (Å²) in [5.74, 6) is -1.97. The zero-order valence-electron chi connectivity index (χ0n) is 18.3. The Labute approximate surface area is 192 Å². The van der Waals surface area contributed by atoms with Gasteiger partial charge in [0.15, 0.2) is 6.10 Å². The summed E-state index contributed by atoms with van der Waals surface area (Å²) in [6.07, 6.45) is -1.47. The first kappa shape index (κ1) is 23.7. The van der Waals surface area contributed by atoms with Crippen molar-refractivity contribution in [3.8, 4) is 0 Å². The number of nitrogens with one attached hydrogen (secondary N) is 2. The number of carbonyl (C=O) groups is 3. The fourth-order valence-corrected chi connectivity index (χ4v) is 3.51. The minimum absolute atomic E-state index is 0.187. The van der Waals surface area contributed by atoms with Crippen molar-refractivity contribution in [2.24, 2.45) is 5.73 Å². The van der Waals surface area contributed by atoms with Gasteiger partial charge in [-0.1, -0.05) is 72.8 Å². The third-order valence-electron chi connectivity index (χ3n) is 5.41. The number of aryl methyl sites for hydroxylation is 1. The highest BCUT2D eigenvalue weighted by Crippen LogP contribution is 2.19. The van der Waals surface area contributed by atoms with E-state index < -0.39 is 35.9 Å². The fourth-order valence-electron chi connectivity index (χ4n) is 3.51. The summed E-state index contributed by atoms with van der Waals surface area (Å²) in [6.45, 7) is 1.90. The monoisotopic (exact) mass is 445 g/mol. The van der Waals surface area contributed by atoms with Gasteiger partial charge in [-0.05, 0) is 35.7 Å². The minimum Gasteiger partial charge on any atom is -0.381 e. The first-order chi connectivity index (χ1) is 15.9. The van der Waals surface area contributed by atoms with E-state index in [2.05, 4.69) is 10.6 Å². The Morgan fingerprint density at radius 3 is 2.03 bits per heavy atom. The van der Waals surface area contributed by atoms with Gasteiger partial charge in [0.05, 0.1) is 6.04 Å². The van der Waals surface area contributed by atoms with Crippen LogP contribution in [0, 0.1) is 6.92 Å². The predicted molar refractivity (Wildman–Crippen MR) is 125 cm³/mol. The van der Waals surface area contributed by atoms with Crippen LogP contribution in [0.15, 0.2) is 84.9 Å². The molecule has 33 heavy (non-hydrogen) atoms. The molecule has 0 aliphatic rings. The summed E-state index contributed by atoms with van der Waals surface area (Å²) in [5.41, 5.74) is 8.26. The average molecular weight is 446 g/mol. The molecule has 0 aliphatic heterocycles. The summed E-state index contributed by atoms with van der Waals surface area (Å²) in [4.78, 5) is 37.7. The van der Waals surface area contributed by atoms with E-state index in [-0.39, 0.29) is 6.42 Å². The summed E-state index contributed by atoms with van der Waals surface area (Å²) >= 11 is 0. The standard InChI is InChI=1S/C26H27N3O4/c1-17-10-8-9-15-20(17)16-21(24(27)31)28-26(33)23(30)22(18-11-4-2-5-12-18)29-25(32)19-13-6-3-7-14-19/h2-15,21-23,30H,16H2,1H3,(H2,27,31)(H,28,33)(H,29,32)/t21-,22-,23+/m0/s1. The first-order valence-corrected chi connectivity index (χ1v) is 10.6. The second-order valence-electron chi connectivity index (χ2n) is 7.77. The Balaban J connectivity index is 1.79. The van der Waals surface area contributed by atoms with E-state index in [1.54, 1.807) is 60.7 Å². The van der Waals surface area contributed by atoms with Crippen LogP contribution in [0.3, 0.4) is 0 Å². The van der Waals surface area contributed by atoms with E-state index in [1.807, 2.05) is 31.2 Å². The molecule has 0 bridgehead atoms. The van der Waals surface area contributed by atoms with Crippen LogP contribution in [0.5, 0.6) is 0 Å². The Morgan fingerprint density at radius 2 is 1.42 bits per heavy atom. The molecule has 3 rings (SSSR count). The maximum Gasteiger partial charge on any atom is 0.252 e. The fraction of sp³-hybridized carbons (Fsp3) is 0.192. The van der Waals surface area contributed by atoms with Crippen molar-refractivity contribution in [3.63, 3.8) is 0 Å². The third kappa shape index (κ3) is 6.27. The summed E-state index contributed by atoms with van der Waals surface area (Å²) in [6, 6.07) is 22.6. The molecule has 0 fully saturated rings. The van der Waals surface area contributed by atoms with Gasteiger partial charge in [0.25, 0.3) is 11.8 Å². The molecule has 3 aromatic rings. The van der Waals surface area contributed by atoms with Crippen molar-refractivity contribution in [1.29, 1.82) is 0 Å². The smallest absolute Gasteiger partial charge is 0.252 e. The second kappa shape index (κ2) is 11.1. The van der Waals surface area contributed by atoms with Crippen LogP contribution < -0.4 is 16.4 Å². The van der Waals surface area contributed by atoms with Crippen LogP contribution in [0.2, 0.25) is 0 Å². The SMILES string of the molecule is Cc1ccccc1C[C@H](NC(=O)[C@H](O)[C@@H](NC(=O)c1ccccc1)c1ccccc1)C(N)=O. The van der Waals surface area contributed by atoms with Crippen LogP contribution in [0.25, 0.3) is 0 Å². The van der Waals surface area contributed by atoms with E-state index in [0.717, 1.165) is 11.1 Å². The summed E-state index contributed by atoms with van der Waals surface area (Å²) < 4.78 is 0. The third-order valence-corrected chi connectivity index (χ3v) is 5.41. The van der Waals surface area contributed by atoms with Gasteiger partial charge < -0.3 is 21.5 Å². The lowest BCUT2D eigenvalue weighted by Crippen LogP contribution is -2.52. The van der Waals surface area contributed by atoms with Gasteiger partial charge >= 0.3 is 0 Å². The van der Waals surface area contributed by atoms with Crippen LogP contribution in [-0.4, -0.2) is 35.0 Å². The molecule has 7 nitrogen and oxygen atoms in total. The van der Waals surface area contributed by atoms with Crippen molar-refractivity contribution in [2.75, 3.05) is 0 Å². The van der Waals surface area contributed by atoms with Crippen molar-refractivity contribution in [1.82, 2.24) is 10.6 Å². The highest BCUT2D eigenvalue weighted by Gasteiger charge is 2.31. The quantitative estimate of drug-likeness (QED) is 0.403. The van der Waals surface area contributed by atoms with Gasteiger partial charge in [-0.2, -0.15) is 0 Å². The average Bonchev–Trinajstić information content (AvgIpc) is 2.83. The normalized spacial score (nSPS) is 13.4.